The van der Waals surface area contributed by atoms with E-state index in [9.17, 15) is 0 Å². The van der Waals surface area contributed by atoms with Crippen molar-refractivity contribution in [1.29, 1.82) is 0 Å². The minimum Gasteiger partial charge on any atom is -0.314 e. The van der Waals surface area contributed by atoms with Gasteiger partial charge in [-0.1, -0.05) is 12.1 Å². The molecule has 2 aliphatic heterocycles. The van der Waals surface area contributed by atoms with Gasteiger partial charge in [0.1, 0.15) is 0 Å². The molecule has 0 radical (unpaired) electrons. The second kappa shape index (κ2) is 6.01. The maximum Gasteiger partial charge on any atom is 0.0692 e. The minimum absolute atomic E-state index is 0.750. The maximum atomic E-state index is 4.05. The molecule has 2 aliphatic rings. The number of piperidine rings is 1. The zero-order valence-corrected chi connectivity index (χ0v) is 11.8. The molecule has 3 rings (SSSR count). The highest BCUT2D eigenvalue weighted by atomic mass is 15.4. The lowest BCUT2D eigenvalue weighted by atomic mass is 9.97. The summed E-state index contributed by atoms with van der Waals surface area (Å²) in [5, 5.41) is 11.6. The summed E-state index contributed by atoms with van der Waals surface area (Å²) in [5.41, 5.74) is 0. The average molecular weight is 263 g/mol. The van der Waals surface area contributed by atoms with Gasteiger partial charge in [0.05, 0.1) is 12.7 Å². The third-order valence-electron chi connectivity index (χ3n) is 4.63. The minimum atomic E-state index is 0.750. The third kappa shape index (κ3) is 2.98. The Hall–Kier alpha value is -0.940. The van der Waals surface area contributed by atoms with Crippen LogP contribution in [0.4, 0.5) is 0 Å². The van der Waals surface area contributed by atoms with Crippen LogP contribution in [0.3, 0.4) is 0 Å². The first kappa shape index (κ1) is 13.1. The predicted octanol–water partition coefficient (Wildman–Crippen LogP) is 1.27. The summed E-state index contributed by atoms with van der Waals surface area (Å²) in [6.07, 6.45) is 10.4. The number of fused-ring (bicyclic) bond motifs is 2. The summed E-state index contributed by atoms with van der Waals surface area (Å²) < 4.78 is 1.95. The Bertz CT molecular complexity index is 363. The van der Waals surface area contributed by atoms with Gasteiger partial charge in [0, 0.05) is 30.9 Å². The lowest BCUT2D eigenvalue weighted by Gasteiger charge is -2.39. The largest absolute Gasteiger partial charge is 0.314 e. The van der Waals surface area contributed by atoms with Crippen molar-refractivity contribution in [3.8, 4) is 0 Å². The molecular formula is C14H25N5. The molecule has 2 fully saturated rings. The van der Waals surface area contributed by atoms with Crippen LogP contribution in [0.25, 0.3) is 0 Å². The standard InChI is InChI=1S/C14H25N5/c1-2-5-15-12-10-13-3-4-14(11-12)19(13)9-8-18-7-6-16-17-18/h6-7,12-15H,2-5,8-11H2,1H3. The van der Waals surface area contributed by atoms with E-state index in [0.717, 1.165) is 31.2 Å². The Labute approximate surface area is 115 Å². The molecule has 106 valence electrons. The summed E-state index contributed by atoms with van der Waals surface area (Å²) in [5.74, 6) is 0. The van der Waals surface area contributed by atoms with E-state index in [4.69, 9.17) is 0 Å². The van der Waals surface area contributed by atoms with Crippen LogP contribution in [0, 0.1) is 0 Å². The topological polar surface area (TPSA) is 46.0 Å². The Morgan fingerprint density at radius 2 is 2.00 bits per heavy atom. The van der Waals surface area contributed by atoms with Gasteiger partial charge in [-0.3, -0.25) is 9.58 Å². The normalized spacial score (nSPS) is 30.9. The van der Waals surface area contributed by atoms with Crippen LogP contribution in [0.15, 0.2) is 12.4 Å². The molecule has 3 heterocycles. The second-order valence-corrected chi connectivity index (χ2v) is 5.91. The van der Waals surface area contributed by atoms with E-state index >= 15 is 0 Å². The van der Waals surface area contributed by atoms with Crippen molar-refractivity contribution in [2.24, 2.45) is 0 Å². The Balaban J connectivity index is 1.51. The van der Waals surface area contributed by atoms with Gasteiger partial charge >= 0.3 is 0 Å². The van der Waals surface area contributed by atoms with Crippen molar-refractivity contribution >= 4 is 0 Å². The number of aromatic nitrogens is 3. The second-order valence-electron chi connectivity index (χ2n) is 5.91. The van der Waals surface area contributed by atoms with Crippen molar-refractivity contribution in [3.05, 3.63) is 12.4 Å². The lowest BCUT2D eigenvalue weighted by molar-refractivity contribution is 0.111. The lowest BCUT2D eigenvalue weighted by Crippen LogP contribution is -2.50. The number of hydrogen-bond acceptors (Lipinski definition) is 4. The maximum absolute atomic E-state index is 4.05. The molecule has 0 aliphatic carbocycles. The zero-order chi connectivity index (χ0) is 13.1. The van der Waals surface area contributed by atoms with Crippen LogP contribution in [0.5, 0.6) is 0 Å². The van der Waals surface area contributed by atoms with E-state index in [-0.39, 0.29) is 0 Å². The molecule has 2 bridgehead atoms. The van der Waals surface area contributed by atoms with Crippen LogP contribution < -0.4 is 5.32 Å². The van der Waals surface area contributed by atoms with Crippen LogP contribution in [0.2, 0.25) is 0 Å². The first-order valence-electron chi connectivity index (χ1n) is 7.70. The van der Waals surface area contributed by atoms with Gasteiger partial charge in [-0.2, -0.15) is 0 Å². The summed E-state index contributed by atoms with van der Waals surface area (Å²) in [7, 11) is 0. The molecule has 0 spiro atoms. The summed E-state index contributed by atoms with van der Waals surface area (Å²) in [6.45, 7) is 5.51. The first-order chi connectivity index (χ1) is 9.36. The van der Waals surface area contributed by atoms with E-state index < -0.39 is 0 Å². The first-order valence-corrected chi connectivity index (χ1v) is 7.70. The molecule has 5 nitrogen and oxygen atoms in total. The number of hydrogen-bond donors (Lipinski definition) is 1. The van der Waals surface area contributed by atoms with Gasteiger partial charge in [0.2, 0.25) is 0 Å². The molecule has 1 aromatic rings. The molecule has 2 unspecified atom stereocenters. The highest BCUT2D eigenvalue weighted by Gasteiger charge is 2.39. The number of rotatable bonds is 6. The molecule has 0 amide bonds. The van der Waals surface area contributed by atoms with Crippen molar-refractivity contribution in [2.75, 3.05) is 13.1 Å². The zero-order valence-electron chi connectivity index (χ0n) is 11.8. The van der Waals surface area contributed by atoms with Crippen LogP contribution >= 0.6 is 0 Å². The van der Waals surface area contributed by atoms with Gasteiger partial charge in [0.15, 0.2) is 0 Å². The van der Waals surface area contributed by atoms with E-state index in [1.165, 1.54) is 38.6 Å². The molecular weight excluding hydrogens is 238 g/mol. The van der Waals surface area contributed by atoms with Gasteiger partial charge in [-0.15, -0.1) is 5.10 Å². The molecule has 0 aromatic carbocycles. The van der Waals surface area contributed by atoms with E-state index in [1.54, 1.807) is 6.20 Å². The van der Waals surface area contributed by atoms with Gasteiger partial charge < -0.3 is 5.32 Å². The summed E-state index contributed by atoms with van der Waals surface area (Å²) in [4.78, 5) is 2.71. The van der Waals surface area contributed by atoms with Gasteiger partial charge in [-0.25, -0.2) is 0 Å². The van der Waals surface area contributed by atoms with E-state index in [0.29, 0.717) is 0 Å². The van der Waals surface area contributed by atoms with E-state index in [1.807, 2.05) is 10.9 Å². The number of nitrogens with one attached hydrogen (secondary N) is 1. The molecule has 19 heavy (non-hydrogen) atoms. The number of nitrogens with zero attached hydrogens (tertiary/aromatic N) is 4. The Morgan fingerprint density at radius 3 is 2.63 bits per heavy atom. The van der Waals surface area contributed by atoms with Crippen LogP contribution in [-0.2, 0) is 6.54 Å². The fourth-order valence-electron chi connectivity index (χ4n) is 3.72. The van der Waals surface area contributed by atoms with E-state index in [2.05, 4.69) is 27.5 Å². The quantitative estimate of drug-likeness (QED) is 0.839. The van der Waals surface area contributed by atoms with Crippen molar-refractivity contribution in [2.45, 2.75) is 63.7 Å². The SMILES string of the molecule is CCCNC1CC2CCC(C1)N2CCn1ccnn1. The molecule has 0 saturated carbocycles. The Kier molecular flexibility index (Phi) is 4.13. The smallest absolute Gasteiger partial charge is 0.0692 e. The molecule has 1 aromatic heterocycles. The highest BCUT2D eigenvalue weighted by molar-refractivity contribution is 4.97. The Morgan fingerprint density at radius 1 is 1.21 bits per heavy atom. The third-order valence-corrected chi connectivity index (χ3v) is 4.63. The molecule has 2 saturated heterocycles. The highest BCUT2D eigenvalue weighted by Crippen LogP contribution is 2.35. The monoisotopic (exact) mass is 263 g/mol. The fraction of sp³-hybridized carbons (Fsp3) is 0.857. The molecule has 1 N–H and O–H groups in total. The van der Waals surface area contributed by atoms with Crippen molar-refractivity contribution < 1.29 is 0 Å². The molecule has 5 heteroatoms. The summed E-state index contributed by atoms with van der Waals surface area (Å²) in [6, 6.07) is 2.33. The summed E-state index contributed by atoms with van der Waals surface area (Å²) >= 11 is 0. The van der Waals surface area contributed by atoms with Crippen LogP contribution in [0.1, 0.15) is 39.0 Å². The van der Waals surface area contributed by atoms with Crippen LogP contribution in [-0.4, -0.2) is 51.1 Å². The fourth-order valence-corrected chi connectivity index (χ4v) is 3.72. The predicted molar refractivity (Wildman–Crippen MR) is 74.9 cm³/mol. The van der Waals surface area contributed by atoms with Crippen molar-refractivity contribution in [1.82, 2.24) is 25.2 Å². The average Bonchev–Trinajstić information content (AvgIpc) is 3.01. The van der Waals surface area contributed by atoms with Gasteiger partial charge in [-0.05, 0) is 38.6 Å². The van der Waals surface area contributed by atoms with Crippen molar-refractivity contribution in [3.63, 3.8) is 0 Å². The van der Waals surface area contributed by atoms with Gasteiger partial charge in [0.25, 0.3) is 0 Å². The molecule has 2 atom stereocenters.